The molecular formula is C10H15BrClNO. The smallest absolute Gasteiger partial charge is 0.122 e. The first-order valence-corrected chi connectivity index (χ1v) is 5.10. The van der Waals surface area contributed by atoms with Gasteiger partial charge in [-0.15, -0.1) is 12.4 Å². The van der Waals surface area contributed by atoms with Gasteiger partial charge in [-0.25, -0.2) is 0 Å². The molecule has 0 bridgehead atoms. The highest BCUT2D eigenvalue weighted by Crippen LogP contribution is 2.26. The highest BCUT2D eigenvalue weighted by Gasteiger charge is 2.04. The van der Waals surface area contributed by atoms with Gasteiger partial charge in [0.05, 0.1) is 6.61 Å². The molecule has 0 spiro atoms. The molecule has 0 heterocycles. The minimum absolute atomic E-state index is 0. The number of hydrogen-bond acceptors (Lipinski definition) is 2. The van der Waals surface area contributed by atoms with Crippen LogP contribution < -0.4 is 10.5 Å². The molecule has 80 valence electrons. The van der Waals surface area contributed by atoms with Gasteiger partial charge in [0.1, 0.15) is 5.75 Å². The molecule has 0 radical (unpaired) electrons. The Morgan fingerprint density at radius 3 is 2.57 bits per heavy atom. The summed E-state index contributed by atoms with van der Waals surface area (Å²) in [5.74, 6) is 0.922. The summed E-state index contributed by atoms with van der Waals surface area (Å²) in [6.07, 6.45) is 0. The Bertz CT molecular complexity index is 304. The number of nitrogens with two attached hydrogens (primary N) is 1. The largest absolute Gasteiger partial charge is 0.494 e. The zero-order chi connectivity index (χ0) is 9.84. The highest BCUT2D eigenvalue weighted by molar-refractivity contribution is 9.10. The summed E-state index contributed by atoms with van der Waals surface area (Å²) in [5, 5.41) is 0. The number of halogens is 2. The second-order valence-electron chi connectivity index (χ2n) is 2.85. The third kappa shape index (κ3) is 3.15. The van der Waals surface area contributed by atoms with Crippen molar-refractivity contribution < 1.29 is 4.74 Å². The van der Waals surface area contributed by atoms with Crippen molar-refractivity contribution >= 4 is 28.3 Å². The molecule has 0 aromatic heterocycles. The fraction of sp³-hybridized carbons (Fsp3) is 0.400. The SMILES string of the molecule is CCOc1cc(CN)c(Br)cc1C.Cl. The molecule has 0 atom stereocenters. The van der Waals surface area contributed by atoms with E-state index in [2.05, 4.69) is 15.9 Å². The fourth-order valence-corrected chi connectivity index (χ4v) is 1.78. The maximum atomic E-state index is 5.58. The minimum Gasteiger partial charge on any atom is -0.494 e. The lowest BCUT2D eigenvalue weighted by molar-refractivity contribution is 0.337. The lowest BCUT2D eigenvalue weighted by atomic mass is 10.1. The Labute approximate surface area is 99.4 Å². The van der Waals surface area contributed by atoms with Crippen molar-refractivity contribution in [2.45, 2.75) is 20.4 Å². The van der Waals surface area contributed by atoms with Crippen LogP contribution in [0.3, 0.4) is 0 Å². The summed E-state index contributed by atoms with van der Waals surface area (Å²) in [6, 6.07) is 4.02. The molecular weight excluding hydrogens is 265 g/mol. The molecule has 14 heavy (non-hydrogen) atoms. The third-order valence-electron chi connectivity index (χ3n) is 1.86. The van der Waals surface area contributed by atoms with Gasteiger partial charge in [0, 0.05) is 11.0 Å². The molecule has 0 aliphatic heterocycles. The monoisotopic (exact) mass is 279 g/mol. The number of benzene rings is 1. The summed E-state index contributed by atoms with van der Waals surface area (Å²) >= 11 is 3.46. The first-order valence-electron chi connectivity index (χ1n) is 4.31. The molecule has 0 fully saturated rings. The second-order valence-corrected chi connectivity index (χ2v) is 3.70. The van der Waals surface area contributed by atoms with E-state index in [-0.39, 0.29) is 12.4 Å². The van der Waals surface area contributed by atoms with Gasteiger partial charge in [0.2, 0.25) is 0 Å². The van der Waals surface area contributed by atoms with Gasteiger partial charge in [-0.05, 0) is 37.1 Å². The molecule has 1 aromatic carbocycles. The maximum Gasteiger partial charge on any atom is 0.122 e. The molecule has 2 nitrogen and oxygen atoms in total. The van der Waals surface area contributed by atoms with E-state index in [4.69, 9.17) is 10.5 Å². The zero-order valence-corrected chi connectivity index (χ0v) is 10.7. The fourth-order valence-electron chi connectivity index (χ4n) is 1.16. The summed E-state index contributed by atoms with van der Waals surface area (Å²) in [4.78, 5) is 0. The van der Waals surface area contributed by atoms with E-state index in [1.165, 1.54) is 0 Å². The normalized spacial score (nSPS) is 9.43. The van der Waals surface area contributed by atoms with Crippen LogP contribution in [-0.2, 0) is 6.54 Å². The molecule has 1 rings (SSSR count). The van der Waals surface area contributed by atoms with Gasteiger partial charge in [-0.2, -0.15) is 0 Å². The summed E-state index contributed by atoms with van der Waals surface area (Å²) in [5.41, 5.74) is 7.79. The molecule has 0 aliphatic rings. The first kappa shape index (κ1) is 13.8. The molecule has 2 N–H and O–H groups in total. The number of ether oxygens (including phenoxy) is 1. The average molecular weight is 281 g/mol. The van der Waals surface area contributed by atoms with E-state index < -0.39 is 0 Å². The molecule has 0 saturated carbocycles. The van der Waals surface area contributed by atoms with Crippen molar-refractivity contribution in [1.82, 2.24) is 0 Å². The van der Waals surface area contributed by atoms with Crippen LogP contribution in [-0.4, -0.2) is 6.61 Å². The molecule has 0 saturated heterocycles. The molecule has 0 amide bonds. The standard InChI is InChI=1S/C10H14BrNO.ClH/c1-3-13-10-5-8(6-12)9(11)4-7(10)2;/h4-5H,3,6,12H2,1-2H3;1H. The van der Waals surface area contributed by atoms with Crippen LogP contribution in [0.25, 0.3) is 0 Å². The topological polar surface area (TPSA) is 35.2 Å². The van der Waals surface area contributed by atoms with Gasteiger partial charge in [0.15, 0.2) is 0 Å². The lowest BCUT2D eigenvalue weighted by Crippen LogP contribution is -2.00. The van der Waals surface area contributed by atoms with Crippen LogP contribution in [0.1, 0.15) is 18.1 Å². The Morgan fingerprint density at radius 2 is 2.07 bits per heavy atom. The van der Waals surface area contributed by atoms with Crippen LogP contribution in [0.5, 0.6) is 5.75 Å². The maximum absolute atomic E-state index is 5.58. The van der Waals surface area contributed by atoms with Crippen LogP contribution in [0, 0.1) is 6.92 Å². The van der Waals surface area contributed by atoms with Crippen LogP contribution in [0.4, 0.5) is 0 Å². The van der Waals surface area contributed by atoms with Gasteiger partial charge in [-0.3, -0.25) is 0 Å². The predicted octanol–water partition coefficient (Wildman–Crippen LogP) is 3.04. The summed E-state index contributed by atoms with van der Waals surface area (Å²) in [6.45, 7) is 5.22. The summed E-state index contributed by atoms with van der Waals surface area (Å²) in [7, 11) is 0. The Hall–Kier alpha value is -0.250. The number of rotatable bonds is 3. The van der Waals surface area contributed by atoms with Crippen molar-refractivity contribution in [3.05, 3.63) is 27.7 Å². The summed E-state index contributed by atoms with van der Waals surface area (Å²) < 4.78 is 6.51. The van der Waals surface area contributed by atoms with E-state index in [0.29, 0.717) is 13.2 Å². The van der Waals surface area contributed by atoms with Gasteiger partial charge in [0.25, 0.3) is 0 Å². The quantitative estimate of drug-likeness (QED) is 0.924. The van der Waals surface area contributed by atoms with Crippen LogP contribution >= 0.6 is 28.3 Å². The lowest BCUT2D eigenvalue weighted by Gasteiger charge is -2.10. The first-order chi connectivity index (χ1) is 6.19. The molecule has 0 aliphatic carbocycles. The third-order valence-corrected chi connectivity index (χ3v) is 2.60. The van der Waals surface area contributed by atoms with Crippen molar-refractivity contribution in [1.29, 1.82) is 0 Å². The Balaban J connectivity index is 0.00000169. The Morgan fingerprint density at radius 1 is 1.43 bits per heavy atom. The van der Waals surface area contributed by atoms with Crippen molar-refractivity contribution in [2.75, 3.05) is 6.61 Å². The van der Waals surface area contributed by atoms with Crippen molar-refractivity contribution in [2.24, 2.45) is 5.73 Å². The van der Waals surface area contributed by atoms with Crippen LogP contribution in [0.2, 0.25) is 0 Å². The molecule has 0 unspecified atom stereocenters. The van der Waals surface area contributed by atoms with Crippen LogP contribution in [0.15, 0.2) is 16.6 Å². The van der Waals surface area contributed by atoms with Crippen molar-refractivity contribution in [3.8, 4) is 5.75 Å². The number of aryl methyl sites for hydroxylation is 1. The molecule has 1 aromatic rings. The van der Waals surface area contributed by atoms with Gasteiger partial charge >= 0.3 is 0 Å². The second kappa shape index (κ2) is 6.27. The van der Waals surface area contributed by atoms with Crippen molar-refractivity contribution in [3.63, 3.8) is 0 Å². The predicted molar refractivity (Wildman–Crippen MR) is 65.2 cm³/mol. The van der Waals surface area contributed by atoms with E-state index in [1.54, 1.807) is 0 Å². The van der Waals surface area contributed by atoms with E-state index in [1.807, 2.05) is 26.0 Å². The van der Waals surface area contributed by atoms with E-state index in [0.717, 1.165) is 21.3 Å². The minimum atomic E-state index is 0. The molecule has 4 heteroatoms. The average Bonchev–Trinajstić information content (AvgIpc) is 2.10. The Kier molecular flexibility index (Phi) is 6.16. The zero-order valence-electron chi connectivity index (χ0n) is 8.34. The van der Waals surface area contributed by atoms with E-state index >= 15 is 0 Å². The van der Waals surface area contributed by atoms with E-state index in [9.17, 15) is 0 Å². The highest BCUT2D eigenvalue weighted by atomic mass is 79.9. The number of hydrogen-bond donors (Lipinski definition) is 1. The van der Waals surface area contributed by atoms with Gasteiger partial charge in [-0.1, -0.05) is 15.9 Å². The van der Waals surface area contributed by atoms with Gasteiger partial charge < -0.3 is 10.5 Å².